The van der Waals surface area contributed by atoms with Gasteiger partial charge in [-0.15, -0.1) is 0 Å². The molecule has 0 spiro atoms. The number of furan rings is 1. The Hall–Kier alpha value is -1.62. The van der Waals surface area contributed by atoms with Gasteiger partial charge in [-0.2, -0.15) is 5.10 Å². The predicted molar refractivity (Wildman–Crippen MR) is 67.1 cm³/mol. The van der Waals surface area contributed by atoms with Crippen molar-refractivity contribution in [1.82, 2.24) is 14.8 Å². The Morgan fingerprint density at radius 1 is 1.44 bits per heavy atom. The van der Waals surface area contributed by atoms with Crippen molar-refractivity contribution in [3.63, 3.8) is 0 Å². The summed E-state index contributed by atoms with van der Waals surface area (Å²) < 4.78 is 7.17. The van der Waals surface area contributed by atoms with Gasteiger partial charge in [0.05, 0.1) is 12.4 Å². The molecule has 2 aromatic heterocycles. The Morgan fingerprint density at radius 2 is 2.28 bits per heavy atom. The highest BCUT2D eigenvalue weighted by molar-refractivity contribution is 5.20. The summed E-state index contributed by atoms with van der Waals surface area (Å²) in [7, 11) is 0. The van der Waals surface area contributed by atoms with E-state index in [0.29, 0.717) is 6.42 Å². The minimum atomic E-state index is -0.585. The fourth-order valence-electron chi connectivity index (χ4n) is 2.06. The lowest BCUT2D eigenvalue weighted by Crippen LogP contribution is -2.10. The van der Waals surface area contributed by atoms with E-state index in [-0.39, 0.29) is 0 Å². The van der Waals surface area contributed by atoms with Crippen LogP contribution in [0.4, 0.5) is 0 Å². The summed E-state index contributed by atoms with van der Waals surface area (Å²) in [5, 5.41) is 14.4. The Morgan fingerprint density at radius 3 is 3.00 bits per heavy atom. The summed E-state index contributed by atoms with van der Waals surface area (Å²) in [6, 6.07) is 1.82. The summed E-state index contributed by atoms with van der Waals surface area (Å²) in [4.78, 5) is 4.20. The van der Waals surface area contributed by atoms with Gasteiger partial charge in [-0.1, -0.05) is 13.8 Å². The zero-order valence-electron chi connectivity index (χ0n) is 10.8. The molecule has 1 unspecified atom stereocenters. The maximum atomic E-state index is 10.2. The van der Waals surface area contributed by atoms with Crippen LogP contribution in [0.3, 0.4) is 0 Å². The maximum Gasteiger partial charge on any atom is 0.138 e. The molecule has 5 heteroatoms. The van der Waals surface area contributed by atoms with Crippen LogP contribution in [0.5, 0.6) is 0 Å². The molecular weight excluding hydrogens is 230 g/mol. The number of rotatable bonds is 6. The van der Waals surface area contributed by atoms with Crippen LogP contribution in [-0.2, 0) is 19.4 Å². The molecule has 1 atom stereocenters. The molecule has 98 valence electrons. The number of hydrogen-bond donors (Lipinski definition) is 1. The van der Waals surface area contributed by atoms with Crippen LogP contribution in [0.2, 0.25) is 0 Å². The third-order valence-electron chi connectivity index (χ3n) is 2.97. The Bertz CT molecular complexity index is 490. The zero-order chi connectivity index (χ0) is 13.0. The molecule has 0 bridgehead atoms. The first kappa shape index (κ1) is 12.8. The van der Waals surface area contributed by atoms with E-state index in [2.05, 4.69) is 17.0 Å². The minimum absolute atomic E-state index is 0.465. The van der Waals surface area contributed by atoms with Gasteiger partial charge >= 0.3 is 0 Å². The van der Waals surface area contributed by atoms with Gasteiger partial charge in [0.1, 0.15) is 17.9 Å². The minimum Gasteiger partial charge on any atom is -0.469 e. The quantitative estimate of drug-likeness (QED) is 0.851. The molecule has 0 saturated heterocycles. The van der Waals surface area contributed by atoms with Gasteiger partial charge in [0.2, 0.25) is 0 Å². The average molecular weight is 249 g/mol. The lowest BCUT2D eigenvalue weighted by Gasteiger charge is -2.10. The summed E-state index contributed by atoms with van der Waals surface area (Å²) in [6.45, 7) is 4.93. The van der Waals surface area contributed by atoms with Crippen LogP contribution < -0.4 is 0 Å². The van der Waals surface area contributed by atoms with Crippen LogP contribution in [0.25, 0.3) is 0 Å². The lowest BCUT2D eigenvalue weighted by molar-refractivity contribution is 0.171. The number of aryl methyl sites for hydroxylation is 2. The van der Waals surface area contributed by atoms with E-state index in [4.69, 9.17) is 4.42 Å². The van der Waals surface area contributed by atoms with E-state index < -0.39 is 6.10 Å². The van der Waals surface area contributed by atoms with E-state index in [0.717, 1.165) is 36.5 Å². The molecule has 18 heavy (non-hydrogen) atoms. The molecule has 2 rings (SSSR count). The van der Waals surface area contributed by atoms with Gasteiger partial charge < -0.3 is 9.52 Å². The molecular formula is C13H19N3O2. The van der Waals surface area contributed by atoms with E-state index in [1.807, 2.05) is 17.7 Å². The second kappa shape index (κ2) is 5.82. The molecule has 0 aliphatic rings. The molecule has 2 heterocycles. The van der Waals surface area contributed by atoms with Crippen LogP contribution in [0.1, 0.15) is 43.5 Å². The summed E-state index contributed by atoms with van der Waals surface area (Å²) in [6.07, 6.45) is 4.81. The molecule has 2 aromatic rings. The smallest absolute Gasteiger partial charge is 0.138 e. The number of nitrogens with zero attached hydrogens (tertiary/aromatic N) is 3. The second-order valence-corrected chi connectivity index (χ2v) is 4.27. The van der Waals surface area contributed by atoms with Crippen molar-refractivity contribution >= 4 is 0 Å². The van der Waals surface area contributed by atoms with Crippen LogP contribution in [0.15, 0.2) is 23.1 Å². The first-order valence-corrected chi connectivity index (χ1v) is 6.37. The molecule has 0 radical (unpaired) electrons. The molecule has 0 saturated carbocycles. The number of hydrogen-bond acceptors (Lipinski definition) is 4. The van der Waals surface area contributed by atoms with Crippen LogP contribution >= 0.6 is 0 Å². The zero-order valence-corrected chi connectivity index (χ0v) is 10.8. The molecule has 0 amide bonds. The van der Waals surface area contributed by atoms with E-state index in [1.54, 1.807) is 6.26 Å². The maximum absolute atomic E-state index is 10.2. The molecule has 0 aliphatic heterocycles. The third-order valence-corrected chi connectivity index (χ3v) is 2.97. The largest absolute Gasteiger partial charge is 0.469 e. The molecule has 5 nitrogen and oxygen atoms in total. The monoisotopic (exact) mass is 249 g/mol. The fourth-order valence-corrected chi connectivity index (χ4v) is 2.06. The van der Waals surface area contributed by atoms with Gasteiger partial charge in [0.25, 0.3) is 0 Å². The van der Waals surface area contributed by atoms with Crippen molar-refractivity contribution in [3.8, 4) is 0 Å². The first-order valence-electron chi connectivity index (χ1n) is 6.37. The van der Waals surface area contributed by atoms with Crippen molar-refractivity contribution in [3.05, 3.63) is 35.8 Å². The highest BCUT2D eigenvalue weighted by Crippen LogP contribution is 2.22. The predicted octanol–water partition coefficient (Wildman–Crippen LogP) is 2.12. The molecule has 1 N–H and O–H groups in total. The van der Waals surface area contributed by atoms with E-state index in [1.165, 1.54) is 6.33 Å². The molecule has 0 aromatic carbocycles. The second-order valence-electron chi connectivity index (χ2n) is 4.27. The van der Waals surface area contributed by atoms with Crippen molar-refractivity contribution < 1.29 is 9.52 Å². The highest BCUT2D eigenvalue weighted by atomic mass is 16.3. The van der Waals surface area contributed by atoms with Gasteiger partial charge in [0, 0.05) is 24.9 Å². The lowest BCUT2D eigenvalue weighted by atomic mass is 10.1. The summed E-state index contributed by atoms with van der Waals surface area (Å²) in [5.74, 6) is 1.65. The van der Waals surface area contributed by atoms with Crippen LogP contribution in [-0.4, -0.2) is 19.9 Å². The number of aliphatic hydroxyl groups is 1. The topological polar surface area (TPSA) is 64.1 Å². The Labute approximate surface area is 106 Å². The third kappa shape index (κ3) is 2.61. The average Bonchev–Trinajstić information content (AvgIpc) is 2.98. The number of aromatic nitrogens is 3. The van der Waals surface area contributed by atoms with Crippen molar-refractivity contribution in [2.45, 2.75) is 45.8 Å². The van der Waals surface area contributed by atoms with Gasteiger partial charge in [-0.25, -0.2) is 4.98 Å². The van der Waals surface area contributed by atoms with Crippen molar-refractivity contribution in [1.29, 1.82) is 0 Å². The SMILES string of the molecule is CCCn1ncnc1CC(O)c1ccoc1CC. The summed E-state index contributed by atoms with van der Waals surface area (Å²) >= 11 is 0. The van der Waals surface area contributed by atoms with Crippen molar-refractivity contribution in [2.75, 3.05) is 0 Å². The molecule has 0 aliphatic carbocycles. The fraction of sp³-hybridized carbons (Fsp3) is 0.538. The van der Waals surface area contributed by atoms with Crippen molar-refractivity contribution in [2.24, 2.45) is 0 Å². The number of aliphatic hydroxyl groups excluding tert-OH is 1. The molecule has 0 fully saturated rings. The van der Waals surface area contributed by atoms with Gasteiger partial charge in [0.15, 0.2) is 0 Å². The van der Waals surface area contributed by atoms with Crippen LogP contribution in [0, 0.1) is 0 Å². The Kier molecular flexibility index (Phi) is 4.15. The first-order chi connectivity index (χ1) is 8.76. The normalized spacial score (nSPS) is 12.8. The van der Waals surface area contributed by atoms with Gasteiger partial charge in [-0.3, -0.25) is 4.68 Å². The van der Waals surface area contributed by atoms with E-state index >= 15 is 0 Å². The highest BCUT2D eigenvalue weighted by Gasteiger charge is 2.17. The Balaban J connectivity index is 2.11. The van der Waals surface area contributed by atoms with Gasteiger partial charge in [-0.05, 0) is 12.5 Å². The van der Waals surface area contributed by atoms with E-state index in [9.17, 15) is 5.11 Å². The summed E-state index contributed by atoms with van der Waals surface area (Å²) in [5.41, 5.74) is 0.851. The standard InChI is InChI=1S/C13H19N3O2/c1-3-6-16-13(14-9-15-16)8-11(17)10-5-7-18-12(10)4-2/h5,7,9,11,17H,3-4,6,8H2,1-2H3.